The molecule has 1 aliphatic heterocycles. The summed E-state index contributed by atoms with van der Waals surface area (Å²) in [5.74, 6) is -0.569. The van der Waals surface area contributed by atoms with Gasteiger partial charge in [0, 0.05) is 17.6 Å². The van der Waals surface area contributed by atoms with Gasteiger partial charge in [-0.1, -0.05) is 12.1 Å². The van der Waals surface area contributed by atoms with Crippen LogP contribution < -0.4 is 15.0 Å². The summed E-state index contributed by atoms with van der Waals surface area (Å²) in [6.07, 6.45) is 5.06. The van der Waals surface area contributed by atoms with Crippen LogP contribution in [0.2, 0.25) is 0 Å². The van der Waals surface area contributed by atoms with Crippen LogP contribution in [-0.4, -0.2) is 33.6 Å². The highest BCUT2D eigenvalue weighted by Crippen LogP contribution is 2.31. The number of aryl methyl sites for hydroxylation is 1. The Hall–Kier alpha value is -3.78. The lowest BCUT2D eigenvalue weighted by Gasteiger charge is -2.29. The molecule has 0 saturated carbocycles. The van der Waals surface area contributed by atoms with Gasteiger partial charge < -0.3 is 9.30 Å². The molecule has 3 heterocycles. The number of para-hydroxylation sites is 2. The molecule has 0 bridgehead atoms. The number of nitrogens with zero attached hydrogens (tertiary/aromatic N) is 3. The zero-order chi connectivity index (χ0) is 22.1. The van der Waals surface area contributed by atoms with E-state index in [0.29, 0.717) is 11.4 Å². The van der Waals surface area contributed by atoms with Gasteiger partial charge in [-0.3, -0.25) is 19.9 Å². The van der Waals surface area contributed by atoms with Crippen LogP contribution in [0.15, 0.2) is 60.4 Å². The predicted octanol–water partition coefficient (Wildman–Crippen LogP) is 3.33. The van der Waals surface area contributed by atoms with E-state index in [1.165, 1.54) is 12.0 Å². The summed E-state index contributed by atoms with van der Waals surface area (Å²) in [5.41, 5.74) is 3.96. The number of amides is 2. The molecular weight excluding hydrogens is 412 g/mol. The van der Waals surface area contributed by atoms with Gasteiger partial charge in [0.25, 0.3) is 11.8 Å². The number of aromatic nitrogens is 2. The van der Waals surface area contributed by atoms with Crippen molar-refractivity contribution < 1.29 is 14.3 Å². The van der Waals surface area contributed by atoms with Crippen LogP contribution >= 0.6 is 12.2 Å². The summed E-state index contributed by atoms with van der Waals surface area (Å²) < 4.78 is 7.39. The van der Waals surface area contributed by atoms with E-state index in [1.807, 2.05) is 36.6 Å². The molecule has 1 fully saturated rings. The average molecular weight is 433 g/mol. The molecule has 1 aliphatic rings. The van der Waals surface area contributed by atoms with E-state index in [-0.39, 0.29) is 10.7 Å². The fraction of sp³-hybridized carbons (Fsp3) is 0.130. The van der Waals surface area contributed by atoms with E-state index in [4.69, 9.17) is 17.0 Å². The number of ether oxygens (including phenoxy) is 1. The molecule has 1 saturated heterocycles. The molecule has 8 heteroatoms. The number of hydrogen-bond acceptors (Lipinski definition) is 5. The Morgan fingerprint density at radius 2 is 1.90 bits per heavy atom. The van der Waals surface area contributed by atoms with E-state index in [0.717, 1.165) is 22.6 Å². The number of carbonyl (C=O) groups is 2. The van der Waals surface area contributed by atoms with Crippen LogP contribution in [0.1, 0.15) is 17.0 Å². The first kappa shape index (κ1) is 20.5. The number of nitrogens with one attached hydrogen (secondary N) is 1. The molecule has 2 aromatic heterocycles. The van der Waals surface area contributed by atoms with Crippen molar-refractivity contribution in [2.45, 2.75) is 13.8 Å². The summed E-state index contributed by atoms with van der Waals surface area (Å²) in [4.78, 5) is 31.4. The molecule has 3 aromatic rings. The van der Waals surface area contributed by atoms with Crippen LogP contribution in [0, 0.1) is 13.8 Å². The predicted molar refractivity (Wildman–Crippen MR) is 122 cm³/mol. The maximum atomic E-state index is 13.3. The summed E-state index contributed by atoms with van der Waals surface area (Å²) in [7, 11) is 1.51. The third-order valence-electron chi connectivity index (χ3n) is 5.10. The first-order valence-corrected chi connectivity index (χ1v) is 9.97. The minimum Gasteiger partial charge on any atom is -0.495 e. The number of benzene rings is 1. The fourth-order valence-electron chi connectivity index (χ4n) is 3.66. The highest BCUT2D eigenvalue weighted by atomic mass is 32.1. The lowest BCUT2D eigenvalue weighted by Crippen LogP contribution is -2.54. The van der Waals surface area contributed by atoms with Gasteiger partial charge in [-0.2, -0.15) is 0 Å². The number of rotatable bonds is 4. The number of carbonyl (C=O) groups excluding carboxylic acids is 2. The average Bonchev–Trinajstić information content (AvgIpc) is 3.04. The van der Waals surface area contributed by atoms with Crippen molar-refractivity contribution >= 4 is 40.9 Å². The standard InChI is InChI=1S/C23H20N4O3S/c1-14-11-16(15(2)26(14)17-7-6-10-24-13-17)12-18-21(28)25-23(31)27(22(18)29)19-8-4-5-9-20(19)30-3/h4-13H,1-3H3,(H,25,28,31)/b18-12+. The Kier molecular flexibility index (Phi) is 5.39. The number of thiocarbonyl (C=S) groups is 1. The van der Waals surface area contributed by atoms with Gasteiger partial charge in [-0.25, -0.2) is 4.90 Å². The van der Waals surface area contributed by atoms with Gasteiger partial charge in [-0.15, -0.1) is 0 Å². The van der Waals surface area contributed by atoms with Crippen LogP contribution in [-0.2, 0) is 9.59 Å². The second-order valence-electron chi connectivity index (χ2n) is 7.00. The summed E-state index contributed by atoms with van der Waals surface area (Å²) in [6.45, 7) is 3.89. The van der Waals surface area contributed by atoms with Crippen LogP contribution in [0.25, 0.3) is 11.8 Å². The summed E-state index contributed by atoms with van der Waals surface area (Å²) in [5, 5.41) is 2.62. The van der Waals surface area contributed by atoms with Crippen LogP contribution in [0.3, 0.4) is 0 Å². The summed E-state index contributed by atoms with van der Waals surface area (Å²) in [6, 6.07) is 12.7. The van der Waals surface area contributed by atoms with E-state index >= 15 is 0 Å². The molecule has 2 amide bonds. The Bertz CT molecular complexity index is 1230. The highest BCUT2D eigenvalue weighted by molar-refractivity contribution is 7.80. The molecular formula is C23H20N4O3S. The monoisotopic (exact) mass is 432 g/mol. The Morgan fingerprint density at radius 3 is 2.61 bits per heavy atom. The molecule has 0 unspecified atom stereocenters. The Balaban J connectivity index is 1.78. The first-order valence-electron chi connectivity index (χ1n) is 9.56. The zero-order valence-electron chi connectivity index (χ0n) is 17.2. The molecule has 4 rings (SSSR count). The van der Waals surface area contributed by atoms with E-state index in [2.05, 4.69) is 10.3 Å². The van der Waals surface area contributed by atoms with Crippen molar-refractivity contribution in [1.29, 1.82) is 0 Å². The molecule has 0 atom stereocenters. The fourth-order valence-corrected chi connectivity index (χ4v) is 3.94. The van der Waals surface area contributed by atoms with Crippen molar-refractivity contribution in [1.82, 2.24) is 14.9 Å². The smallest absolute Gasteiger partial charge is 0.270 e. The van der Waals surface area contributed by atoms with Gasteiger partial charge in [0.2, 0.25) is 0 Å². The van der Waals surface area contributed by atoms with E-state index < -0.39 is 11.8 Å². The first-order chi connectivity index (χ1) is 14.9. The van der Waals surface area contributed by atoms with Crippen molar-refractivity contribution in [3.05, 3.63) is 77.4 Å². The molecule has 0 spiro atoms. The summed E-state index contributed by atoms with van der Waals surface area (Å²) >= 11 is 5.28. The maximum Gasteiger partial charge on any atom is 0.270 e. The van der Waals surface area contributed by atoms with Gasteiger partial charge in [0.05, 0.1) is 24.7 Å². The second-order valence-corrected chi connectivity index (χ2v) is 7.39. The number of anilines is 1. The number of methoxy groups -OCH3 is 1. The van der Waals surface area contributed by atoms with Gasteiger partial charge in [0.15, 0.2) is 5.11 Å². The minimum atomic E-state index is -0.535. The minimum absolute atomic E-state index is 0.00839. The van der Waals surface area contributed by atoms with Crippen molar-refractivity contribution in [3.8, 4) is 11.4 Å². The van der Waals surface area contributed by atoms with Gasteiger partial charge in [-0.05, 0) is 68.0 Å². The van der Waals surface area contributed by atoms with Gasteiger partial charge >= 0.3 is 0 Å². The third-order valence-corrected chi connectivity index (χ3v) is 5.39. The molecule has 0 aliphatic carbocycles. The van der Waals surface area contributed by atoms with Crippen molar-refractivity contribution in [2.75, 3.05) is 12.0 Å². The van der Waals surface area contributed by atoms with Crippen molar-refractivity contribution in [3.63, 3.8) is 0 Å². The Labute approximate surface area is 185 Å². The van der Waals surface area contributed by atoms with E-state index in [9.17, 15) is 9.59 Å². The zero-order valence-corrected chi connectivity index (χ0v) is 18.1. The number of pyridine rings is 1. The largest absolute Gasteiger partial charge is 0.495 e. The third kappa shape index (κ3) is 3.62. The number of hydrogen-bond donors (Lipinski definition) is 1. The SMILES string of the molecule is COc1ccccc1N1C(=O)/C(=C/c2cc(C)n(-c3cccnc3)c2C)C(=O)NC1=S. The maximum absolute atomic E-state index is 13.3. The Morgan fingerprint density at radius 1 is 1.13 bits per heavy atom. The molecule has 156 valence electrons. The van der Waals surface area contributed by atoms with Gasteiger partial charge in [0.1, 0.15) is 11.3 Å². The molecule has 1 aromatic carbocycles. The normalized spacial score (nSPS) is 15.4. The molecule has 31 heavy (non-hydrogen) atoms. The highest BCUT2D eigenvalue weighted by Gasteiger charge is 2.36. The van der Waals surface area contributed by atoms with Crippen LogP contribution in [0.5, 0.6) is 5.75 Å². The molecule has 0 radical (unpaired) electrons. The quantitative estimate of drug-likeness (QED) is 0.389. The van der Waals surface area contributed by atoms with Crippen molar-refractivity contribution in [2.24, 2.45) is 0 Å². The topological polar surface area (TPSA) is 76.5 Å². The lowest BCUT2D eigenvalue weighted by molar-refractivity contribution is -0.122. The van der Waals surface area contributed by atoms with E-state index in [1.54, 1.807) is 42.7 Å². The second kappa shape index (κ2) is 8.16. The lowest BCUT2D eigenvalue weighted by atomic mass is 10.1. The molecule has 7 nitrogen and oxygen atoms in total. The van der Waals surface area contributed by atoms with Crippen LogP contribution in [0.4, 0.5) is 5.69 Å². The molecule has 1 N–H and O–H groups in total.